The molecular weight excluding hydrogens is 421 g/mol. The Labute approximate surface area is 186 Å². The van der Waals surface area contributed by atoms with Crippen molar-refractivity contribution in [3.05, 3.63) is 29.6 Å². The second-order valence-electron chi connectivity index (χ2n) is 9.65. The van der Waals surface area contributed by atoms with Crippen molar-refractivity contribution in [1.29, 1.82) is 0 Å². The van der Waals surface area contributed by atoms with Crippen molar-refractivity contribution in [3.63, 3.8) is 0 Å². The van der Waals surface area contributed by atoms with Crippen molar-refractivity contribution in [3.8, 4) is 5.75 Å². The fourth-order valence-corrected chi connectivity index (χ4v) is 4.31. The Bertz CT molecular complexity index is 893. The van der Waals surface area contributed by atoms with Crippen molar-refractivity contribution in [2.24, 2.45) is 5.92 Å². The molecule has 1 aromatic rings. The van der Waals surface area contributed by atoms with Crippen molar-refractivity contribution in [2.75, 3.05) is 20.2 Å². The van der Waals surface area contributed by atoms with Crippen LogP contribution in [0.3, 0.4) is 0 Å². The van der Waals surface area contributed by atoms with E-state index < -0.39 is 46.6 Å². The molecule has 0 aliphatic carbocycles. The molecule has 9 heteroatoms. The Morgan fingerprint density at radius 2 is 1.69 bits per heavy atom. The number of rotatable bonds is 3. The highest BCUT2D eigenvalue weighted by Gasteiger charge is 2.57. The monoisotopic (exact) mass is 451 g/mol. The fourth-order valence-electron chi connectivity index (χ4n) is 4.31. The number of nitrogens with zero attached hydrogens (tertiary/aromatic N) is 1. The van der Waals surface area contributed by atoms with Crippen LogP contribution in [-0.2, 0) is 29.2 Å². The summed E-state index contributed by atoms with van der Waals surface area (Å²) >= 11 is 0. The minimum absolute atomic E-state index is 0.0463. The molecule has 0 radical (unpaired) electrons. The zero-order chi connectivity index (χ0) is 23.9. The van der Waals surface area contributed by atoms with Gasteiger partial charge in [-0.25, -0.2) is 9.18 Å². The predicted octanol–water partition coefficient (Wildman–Crippen LogP) is 3.56. The molecule has 2 aliphatic rings. The first-order valence-corrected chi connectivity index (χ1v) is 10.6. The number of carbonyl (C=O) groups is 3. The van der Waals surface area contributed by atoms with Crippen LogP contribution in [0.4, 0.5) is 9.18 Å². The van der Waals surface area contributed by atoms with Crippen LogP contribution in [0.15, 0.2) is 18.2 Å². The van der Waals surface area contributed by atoms with Crippen LogP contribution in [0, 0.1) is 11.7 Å². The number of halogens is 1. The number of ether oxygens (including phenoxy) is 4. The summed E-state index contributed by atoms with van der Waals surface area (Å²) in [6.07, 6.45) is -0.0531. The molecule has 0 bridgehead atoms. The highest BCUT2D eigenvalue weighted by molar-refractivity contribution is 5.98. The third-order valence-corrected chi connectivity index (χ3v) is 5.75. The van der Waals surface area contributed by atoms with Gasteiger partial charge >= 0.3 is 18.0 Å². The van der Waals surface area contributed by atoms with Crippen LogP contribution in [0.25, 0.3) is 0 Å². The smallest absolute Gasteiger partial charge is 0.410 e. The van der Waals surface area contributed by atoms with Gasteiger partial charge in [0, 0.05) is 32.4 Å². The normalized spacial score (nSPS) is 20.9. The third kappa shape index (κ3) is 4.66. The molecule has 3 rings (SSSR count). The maximum atomic E-state index is 14.6. The molecule has 0 saturated carbocycles. The molecule has 1 amide bonds. The van der Waals surface area contributed by atoms with E-state index >= 15 is 0 Å². The van der Waals surface area contributed by atoms with E-state index in [9.17, 15) is 18.8 Å². The maximum Gasteiger partial charge on any atom is 0.410 e. The summed E-state index contributed by atoms with van der Waals surface area (Å²) in [6.45, 7) is 8.69. The van der Waals surface area contributed by atoms with E-state index in [1.54, 1.807) is 26.8 Å². The first kappa shape index (κ1) is 23.8. The topological polar surface area (TPSA) is 91.4 Å². The minimum atomic E-state index is -1.38. The number of carbonyl (C=O) groups excluding carboxylic acids is 3. The van der Waals surface area contributed by atoms with Gasteiger partial charge in [0.25, 0.3) is 5.79 Å². The van der Waals surface area contributed by atoms with E-state index in [4.69, 9.17) is 18.9 Å². The average molecular weight is 451 g/mol. The number of amides is 1. The number of benzene rings is 1. The van der Waals surface area contributed by atoms with Gasteiger partial charge in [-0.05, 0) is 51.3 Å². The van der Waals surface area contributed by atoms with E-state index in [-0.39, 0.29) is 31.7 Å². The summed E-state index contributed by atoms with van der Waals surface area (Å²) in [5.41, 5.74) is -1.33. The molecule has 2 heterocycles. The molecule has 1 aromatic carbocycles. The number of likely N-dealkylation sites (tertiary alicyclic amines) is 1. The van der Waals surface area contributed by atoms with E-state index in [1.165, 1.54) is 38.0 Å². The van der Waals surface area contributed by atoms with E-state index in [0.717, 1.165) is 0 Å². The quantitative estimate of drug-likeness (QED) is 0.513. The molecule has 8 nitrogen and oxygen atoms in total. The molecule has 0 aromatic heterocycles. The van der Waals surface area contributed by atoms with Crippen LogP contribution in [0.5, 0.6) is 5.75 Å². The van der Waals surface area contributed by atoms with Gasteiger partial charge in [0.2, 0.25) is 0 Å². The molecule has 2 aliphatic heterocycles. The SMILES string of the molecule is COc1ccc(C2(C3C(=O)OC(C)(C)OC3=O)CCN(C(=O)OC(C)(C)C)CC2)cc1F. The highest BCUT2D eigenvalue weighted by Crippen LogP contribution is 2.46. The average Bonchev–Trinajstić information content (AvgIpc) is 2.65. The summed E-state index contributed by atoms with van der Waals surface area (Å²) in [7, 11) is 1.35. The van der Waals surface area contributed by atoms with Gasteiger partial charge in [-0.1, -0.05) is 6.07 Å². The second kappa shape index (κ2) is 8.26. The predicted molar refractivity (Wildman–Crippen MR) is 111 cm³/mol. The van der Waals surface area contributed by atoms with Crippen LogP contribution in [0.2, 0.25) is 0 Å². The molecule has 0 atom stereocenters. The van der Waals surface area contributed by atoms with E-state index in [1.807, 2.05) is 0 Å². The standard InChI is InChI=1S/C23H30FNO7/c1-21(2,3)32-20(28)25-11-9-23(10-12-25,14-7-8-16(29-6)15(24)13-14)17-18(26)30-22(4,5)31-19(17)27/h7-8,13,17H,9-12H2,1-6H3. The molecule has 0 unspecified atom stereocenters. The molecule has 0 N–H and O–H groups in total. The first-order chi connectivity index (χ1) is 14.8. The van der Waals surface area contributed by atoms with Gasteiger partial charge in [-0.15, -0.1) is 0 Å². The van der Waals surface area contributed by atoms with Crippen LogP contribution >= 0.6 is 0 Å². The summed E-state index contributed by atoms with van der Waals surface area (Å²) in [5, 5.41) is 0. The zero-order valence-corrected chi connectivity index (χ0v) is 19.3. The molecule has 2 saturated heterocycles. The molecule has 0 spiro atoms. The largest absolute Gasteiger partial charge is 0.494 e. The summed E-state index contributed by atoms with van der Waals surface area (Å²) in [6, 6.07) is 4.35. The highest BCUT2D eigenvalue weighted by atomic mass is 19.1. The summed E-state index contributed by atoms with van der Waals surface area (Å²) < 4.78 is 35.8. The lowest BCUT2D eigenvalue weighted by Gasteiger charge is -2.47. The molecule has 32 heavy (non-hydrogen) atoms. The minimum Gasteiger partial charge on any atom is -0.494 e. The number of piperidine rings is 1. The number of esters is 2. The van der Waals surface area contributed by atoms with Crippen molar-refractivity contribution < 1.29 is 37.7 Å². The Morgan fingerprint density at radius 1 is 1.12 bits per heavy atom. The van der Waals surface area contributed by atoms with Gasteiger partial charge < -0.3 is 23.8 Å². The number of methoxy groups -OCH3 is 1. The van der Waals surface area contributed by atoms with Crippen LogP contribution < -0.4 is 4.74 Å². The van der Waals surface area contributed by atoms with Gasteiger partial charge in [0.05, 0.1) is 7.11 Å². The first-order valence-electron chi connectivity index (χ1n) is 10.6. The molecule has 176 valence electrons. The van der Waals surface area contributed by atoms with Gasteiger partial charge in [0.1, 0.15) is 5.60 Å². The van der Waals surface area contributed by atoms with Gasteiger partial charge in [-0.3, -0.25) is 9.59 Å². The Kier molecular flexibility index (Phi) is 6.14. The van der Waals surface area contributed by atoms with Crippen molar-refractivity contribution in [2.45, 2.75) is 64.3 Å². The van der Waals surface area contributed by atoms with Crippen molar-refractivity contribution >= 4 is 18.0 Å². The maximum absolute atomic E-state index is 14.6. The van der Waals surface area contributed by atoms with E-state index in [2.05, 4.69) is 0 Å². The fraction of sp³-hybridized carbons (Fsp3) is 0.609. The summed E-state index contributed by atoms with van der Waals surface area (Å²) in [5.74, 6) is -4.69. The lowest BCUT2D eigenvalue weighted by atomic mass is 9.64. The lowest BCUT2D eigenvalue weighted by molar-refractivity contribution is -0.244. The zero-order valence-electron chi connectivity index (χ0n) is 19.3. The number of hydrogen-bond donors (Lipinski definition) is 0. The second-order valence-corrected chi connectivity index (χ2v) is 9.65. The van der Waals surface area contributed by atoms with Crippen molar-refractivity contribution in [1.82, 2.24) is 4.90 Å². The molecule has 2 fully saturated rings. The lowest BCUT2D eigenvalue weighted by Crippen LogP contribution is -2.58. The Hall–Kier alpha value is -2.84. The third-order valence-electron chi connectivity index (χ3n) is 5.75. The summed E-state index contributed by atoms with van der Waals surface area (Å²) in [4.78, 5) is 40.0. The van der Waals surface area contributed by atoms with Gasteiger partial charge in [0.15, 0.2) is 17.5 Å². The van der Waals surface area contributed by atoms with Crippen LogP contribution in [0.1, 0.15) is 53.0 Å². The van der Waals surface area contributed by atoms with Gasteiger partial charge in [-0.2, -0.15) is 0 Å². The number of cyclic esters (lactones) is 2. The number of hydrogen-bond acceptors (Lipinski definition) is 7. The Morgan fingerprint density at radius 3 is 2.16 bits per heavy atom. The molecular formula is C23H30FNO7. The van der Waals surface area contributed by atoms with E-state index in [0.29, 0.717) is 5.56 Å². The van der Waals surface area contributed by atoms with Crippen LogP contribution in [-0.4, -0.2) is 54.5 Å². The Balaban J connectivity index is 1.97.